The summed E-state index contributed by atoms with van der Waals surface area (Å²) in [6, 6.07) is 3.78. The van der Waals surface area contributed by atoms with Gasteiger partial charge in [0.2, 0.25) is 10.0 Å². The van der Waals surface area contributed by atoms with E-state index in [0.29, 0.717) is 5.69 Å². The molecular formula is C9H12FN3O2S. The molecule has 0 radical (unpaired) electrons. The summed E-state index contributed by atoms with van der Waals surface area (Å²) in [5.74, 6) is -0.613. The number of nitrogens with one attached hydrogen (secondary N) is 2. The number of benzene rings is 1. The molecule has 88 valence electrons. The second kappa shape index (κ2) is 4.00. The van der Waals surface area contributed by atoms with Crippen LogP contribution in [-0.2, 0) is 10.0 Å². The molecule has 0 saturated carbocycles. The van der Waals surface area contributed by atoms with Crippen LogP contribution in [0.3, 0.4) is 0 Å². The Morgan fingerprint density at radius 3 is 2.56 bits per heavy atom. The van der Waals surface area contributed by atoms with E-state index >= 15 is 0 Å². The van der Waals surface area contributed by atoms with Crippen molar-refractivity contribution in [1.82, 2.24) is 5.32 Å². The highest BCUT2D eigenvalue weighted by atomic mass is 32.2. The zero-order chi connectivity index (χ0) is 11.8. The molecule has 0 aliphatic carbocycles. The van der Waals surface area contributed by atoms with Crippen LogP contribution < -0.4 is 15.8 Å². The van der Waals surface area contributed by atoms with Gasteiger partial charge >= 0.3 is 0 Å². The van der Waals surface area contributed by atoms with E-state index in [2.05, 4.69) is 10.6 Å². The van der Waals surface area contributed by atoms with Crippen LogP contribution in [0.4, 0.5) is 10.1 Å². The number of hydrogen-bond acceptors (Lipinski definition) is 4. The van der Waals surface area contributed by atoms with Crippen molar-refractivity contribution in [3.05, 3.63) is 24.0 Å². The van der Waals surface area contributed by atoms with Gasteiger partial charge in [0.1, 0.15) is 5.82 Å². The molecule has 1 aromatic carbocycles. The van der Waals surface area contributed by atoms with Crippen LogP contribution in [0.25, 0.3) is 0 Å². The second-order valence-corrected chi connectivity index (χ2v) is 5.25. The molecule has 1 aliphatic rings. The molecule has 1 fully saturated rings. The minimum Gasteiger partial charge on any atom is -0.377 e. The van der Waals surface area contributed by atoms with Crippen LogP contribution in [0.5, 0.6) is 0 Å². The Labute approximate surface area is 92.9 Å². The SMILES string of the molecule is NS(=O)(=O)c1ccc(NC2CNC2)c(F)c1. The molecular weight excluding hydrogens is 233 g/mol. The van der Waals surface area contributed by atoms with Gasteiger partial charge in [-0.3, -0.25) is 0 Å². The van der Waals surface area contributed by atoms with Crippen LogP contribution >= 0.6 is 0 Å². The summed E-state index contributed by atoms with van der Waals surface area (Å²) in [6.07, 6.45) is 0. The summed E-state index contributed by atoms with van der Waals surface area (Å²) in [7, 11) is -3.84. The Kier molecular flexibility index (Phi) is 2.83. The molecule has 0 aromatic heterocycles. The third kappa shape index (κ3) is 2.31. The molecule has 5 nitrogen and oxygen atoms in total. The third-order valence-electron chi connectivity index (χ3n) is 2.41. The van der Waals surface area contributed by atoms with Crippen molar-refractivity contribution in [2.75, 3.05) is 18.4 Å². The van der Waals surface area contributed by atoms with E-state index in [-0.39, 0.29) is 10.9 Å². The molecule has 0 atom stereocenters. The fourth-order valence-corrected chi connectivity index (χ4v) is 1.93. The maximum atomic E-state index is 13.5. The number of rotatable bonds is 3. The Morgan fingerprint density at radius 2 is 2.12 bits per heavy atom. The number of sulfonamides is 1. The fraction of sp³-hybridized carbons (Fsp3) is 0.333. The van der Waals surface area contributed by atoms with Crippen molar-refractivity contribution in [2.45, 2.75) is 10.9 Å². The quantitative estimate of drug-likeness (QED) is 0.692. The predicted molar refractivity (Wildman–Crippen MR) is 58.1 cm³/mol. The molecule has 0 amide bonds. The summed E-state index contributed by atoms with van der Waals surface area (Å²) in [6.45, 7) is 1.55. The average Bonchev–Trinajstić information content (AvgIpc) is 2.11. The maximum absolute atomic E-state index is 13.5. The van der Waals surface area contributed by atoms with Gasteiger partial charge in [0, 0.05) is 13.1 Å². The zero-order valence-electron chi connectivity index (χ0n) is 8.40. The van der Waals surface area contributed by atoms with E-state index in [1.54, 1.807) is 0 Å². The third-order valence-corrected chi connectivity index (χ3v) is 3.32. The summed E-state index contributed by atoms with van der Waals surface area (Å²) in [4.78, 5) is -0.220. The monoisotopic (exact) mass is 245 g/mol. The minimum atomic E-state index is -3.84. The highest BCUT2D eigenvalue weighted by Gasteiger charge is 2.18. The Bertz CT molecular complexity index is 499. The molecule has 1 aliphatic heterocycles. The van der Waals surface area contributed by atoms with Gasteiger partial charge in [-0.15, -0.1) is 0 Å². The molecule has 2 rings (SSSR count). The van der Waals surface area contributed by atoms with E-state index in [0.717, 1.165) is 19.2 Å². The lowest BCUT2D eigenvalue weighted by Crippen LogP contribution is -2.51. The normalized spacial score (nSPS) is 16.9. The largest absolute Gasteiger partial charge is 0.377 e. The van der Waals surface area contributed by atoms with Gasteiger partial charge in [-0.1, -0.05) is 0 Å². The van der Waals surface area contributed by atoms with Gasteiger partial charge in [-0.05, 0) is 18.2 Å². The molecule has 4 N–H and O–H groups in total. The summed E-state index contributed by atoms with van der Waals surface area (Å²) in [5.41, 5.74) is 0.291. The smallest absolute Gasteiger partial charge is 0.238 e. The van der Waals surface area contributed by atoms with E-state index < -0.39 is 15.8 Å². The topological polar surface area (TPSA) is 84.2 Å². The first kappa shape index (κ1) is 11.3. The van der Waals surface area contributed by atoms with Crippen LogP contribution in [0.2, 0.25) is 0 Å². The highest BCUT2D eigenvalue weighted by molar-refractivity contribution is 7.89. The average molecular weight is 245 g/mol. The van der Waals surface area contributed by atoms with Crippen LogP contribution in [0.1, 0.15) is 0 Å². The standard InChI is InChI=1S/C9H12FN3O2S/c10-8-3-7(16(11,14)15)1-2-9(8)13-6-4-12-5-6/h1-3,6,12-13H,4-5H2,(H2,11,14,15). The van der Waals surface area contributed by atoms with E-state index in [4.69, 9.17) is 5.14 Å². The molecule has 1 heterocycles. The van der Waals surface area contributed by atoms with E-state index in [1.165, 1.54) is 12.1 Å². The molecule has 7 heteroatoms. The molecule has 16 heavy (non-hydrogen) atoms. The van der Waals surface area contributed by atoms with Gasteiger partial charge in [0.05, 0.1) is 16.6 Å². The lowest BCUT2D eigenvalue weighted by Gasteiger charge is -2.29. The minimum absolute atomic E-state index is 0.190. The Balaban J connectivity index is 2.22. The molecule has 0 bridgehead atoms. The van der Waals surface area contributed by atoms with Gasteiger partial charge < -0.3 is 10.6 Å². The van der Waals surface area contributed by atoms with Crippen molar-refractivity contribution < 1.29 is 12.8 Å². The molecule has 1 aromatic rings. The first-order valence-corrected chi connectivity index (χ1v) is 6.31. The van der Waals surface area contributed by atoms with Crippen molar-refractivity contribution in [2.24, 2.45) is 5.14 Å². The van der Waals surface area contributed by atoms with Crippen LogP contribution in [0.15, 0.2) is 23.1 Å². The summed E-state index contributed by atoms with van der Waals surface area (Å²) < 4.78 is 35.4. The number of nitrogens with two attached hydrogens (primary N) is 1. The Morgan fingerprint density at radius 1 is 1.44 bits per heavy atom. The maximum Gasteiger partial charge on any atom is 0.238 e. The van der Waals surface area contributed by atoms with E-state index in [1.807, 2.05) is 0 Å². The molecule has 0 spiro atoms. The number of primary sulfonamides is 1. The van der Waals surface area contributed by atoms with Crippen LogP contribution in [-0.4, -0.2) is 27.5 Å². The molecule has 0 unspecified atom stereocenters. The van der Waals surface area contributed by atoms with Gasteiger partial charge in [-0.25, -0.2) is 17.9 Å². The van der Waals surface area contributed by atoms with Crippen molar-refractivity contribution in [1.29, 1.82) is 0 Å². The number of anilines is 1. The highest BCUT2D eigenvalue weighted by Crippen LogP contribution is 2.19. The summed E-state index contributed by atoms with van der Waals surface area (Å²) in [5, 5.41) is 10.9. The van der Waals surface area contributed by atoms with Gasteiger partial charge in [0.25, 0.3) is 0 Å². The van der Waals surface area contributed by atoms with Crippen LogP contribution in [0, 0.1) is 5.82 Å². The number of halogens is 1. The van der Waals surface area contributed by atoms with Crippen molar-refractivity contribution in [3.63, 3.8) is 0 Å². The zero-order valence-corrected chi connectivity index (χ0v) is 9.22. The summed E-state index contributed by atoms with van der Waals surface area (Å²) >= 11 is 0. The molecule has 1 saturated heterocycles. The second-order valence-electron chi connectivity index (χ2n) is 3.69. The van der Waals surface area contributed by atoms with Crippen molar-refractivity contribution in [3.8, 4) is 0 Å². The predicted octanol–water partition coefficient (Wildman–Crippen LogP) is -0.143. The van der Waals surface area contributed by atoms with Gasteiger partial charge in [-0.2, -0.15) is 0 Å². The number of hydrogen-bond donors (Lipinski definition) is 3. The lowest BCUT2D eigenvalue weighted by atomic mass is 10.1. The van der Waals surface area contributed by atoms with E-state index in [9.17, 15) is 12.8 Å². The van der Waals surface area contributed by atoms with Crippen molar-refractivity contribution >= 4 is 15.7 Å². The first-order chi connectivity index (χ1) is 7.47. The van der Waals surface area contributed by atoms with Gasteiger partial charge in [0.15, 0.2) is 0 Å². The lowest BCUT2D eigenvalue weighted by molar-refractivity contribution is 0.469. The fourth-order valence-electron chi connectivity index (χ4n) is 1.40. The Hall–Kier alpha value is -1.18. The first-order valence-electron chi connectivity index (χ1n) is 4.76.